The quantitative estimate of drug-likeness (QED) is 0.452. The second-order valence-corrected chi connectivity index (χ2v) is 8.95. The third-order valence-corrected chi connectivity index (χ3v) is 7.39. The summed E-state index contributed by atoms with van der Waals surface area (Å²) in [5.41, 5.74) is 2.93. The van der Waals surface area contributed by atoms with Crippen LogP contribution in [0.15, 0.2) is 47.4 Å². The van der Waals surface area contributed by atoms with E-state index < -0.39 is 0 Å². The highest BCUT2D eigenvalue weighted by Gasteiger charge is 2.35. The van der Waals surface area contributed by atoms with Crippen molar-refractivity contribution in [3.8, 4) is 5.75 Å². The molecule has 0 aromatic heterocycles. The van der Waals surface area contributed by atoms with Gasteiger partial charge in [0.25, 0.3) is 0 Å². The molecular weight excluding hydrogens is 441 g/mol. The molecule has 2 aromatic rings. The Bertz CT molecular complexity index is 721. The van der Waals surface area contributed by atoms with Crippen LogP contribution in [0.3, 0.4) is 0 Å². The maximum atomic E-state index is 5.58. The first-order valence-corrected chi connectivity index (χ1v) is 11.0. The number of halogens is 1. The van der Waals surface area contributed by atoms with E-state index in [1.165, 1.54) is 39.1 Å². The minimum absolute atomic E-state index is 0.340. The van der Waals surface area contributed by atoms with Gasteiger partial charge in [0.15, 0.2) is 0 Å². The molecule has 0 N–H and O–H groups in total. The number of fused-ring (bicyclic) bond motifs is 1. The lowest BCUT2D eigenvalue weighted by Gasteiger charge is -2.36. The normalized spacial score (nSPS) is 20.1. The standard InChI is InChI=1S/C21H26INOS/c1-4-11-21(5-2)14-23(16-9-7-6-8-10-16)18-12-17(22)19(24-3)13-20(18)25-15-21/h6-10,12-13H,4-5,11,14-15H2,1-3H3. The van der Waals surface area contributed by atoms with Gasteiger partial charge in [0, 0.05) is 22.9 Å². The van der Waals surface area contributed by atoms with E-state index in [1.54, 1.807) is 7.11 Å². The third-order valence-electron chi connectivity index (χ3n) is 5.15. The molecule has 0 spiro atoms. The lowest BCUT2D eigenvalue weighted by molar-refractivity contribution is 0.301. The first kappa shape index (κ1) is 18.9. The van der Waals surface area contributed by atoms with E-state index in [0.29, 0.717) is 5.41 Å². The van der Waals surface area contributed by atoms with E-state index in [4.69, 9.17) is 4.74 Å². The van der Waals surface area contributed by atoms with E-state index in [1.807, 2.05) is 11.8 Å². The zero-order valence-electron chi connectivity index (χ0n) is 15.2. The van der Waals surface area contributed by atoms with Gasteiger partial charge in [-0.25, -0.2) is 0 Å². The zero-order chi connectivity index (χ0) is 17.9. The molecule has 134 valence electrons. The molecule has 0 saturated carbocycles. The highest BCUT2D eigenvalue weighted by Crippen LogP contribution is 2.48. The fourth-order valence-corrected chi connectivity index (χ4v) is 5.69. The van der Waals surface area contributed by atoms with Crippen LogP contribution < -0.4 is 9.64 Å². The predicted molar refractivity (Wildman–Crippen MR) is 118 cm³/mol. The number of para-hydroxylation sites is 1. The van der Waals surface area contributed by atoms with Gasteiger partial charge in [0.2, 0.25) is 0 Å². The van der Waals surface area contributed by atoms with Crippen LogP contribution in [0.2, 0.25) is 0 Å². The molecule has 0 saturated heterocycles. The third kappa shape index (κ3) is 3.95. The fourth-order valence-electron chi connectivity index (χ4n) is 3.61. The first-order valence-electron chi connectivity index (χ1n) is 8.95. The maximum absolute atomic E-state index is 5.58. The number of anilines is 2. The molecule has 2 aromatic carbocycles. The zero-order valence-corrected chi connectivity index (χ0v) is 18.2. The Kier molecular flexibility index (Phi) is 6.21. The summed E-state index contributed by atoms with van der Waals surface area (Å²) in [6.45, 7) is 5.72. The van der Waals surface area contributed by atoms with Crippen molar-refractivity contribution in [3.05, 3.63) is 46.0 Å². The number of hydrogen-bond acceptors (Lipinski definition) is 3. The second-order valence-electron chi connectivity index (χ2n) is 6.77. The molecule has 1 aliphatic heterocycles. The molecule has 0 bridgehead atoms. The largest absolute Gasteiger partial charge is 0.496 e. The number of nitrogens with zero attached hydrogens (tertiary/aromatic N) is 1. The molecule has 0 amide bonds. The lowest BCUT2D eigenvalue weighted by atomic mass is 9.82. The Morgan fingerprint density at radius 2 is 1.96 bits per heavy atom. The Hall–Kier alpha value is -0.880. The molecule has 1 unspecified atom stereocenters. The highest BCUT2D eigenvalue weighted by molar-refractivity contribution is 14.1. The average Bonchev–Trinajstić information content (AvgIpc) is 2.80. The van der Waals surface area contributed by atoms with Gasteiger partial charge in [-0.2, -0.15) is 0 Å². The van der Waals surface area contributed by atoms with E-state index >= 15 is 0 Å². The van der Waals surface area contributed by atoms with E-state index in [2.05, 4.69) is 83.8 Å². The van der Waals surface area contributed by atoms with Gasteiger partial charge in [0.1, 0.15) is 5.75 Å². The van der Waals surface area contributed by atoms with Crippen molar-refractivity contribution >= 4 is 45.7 Å². The molecule has 0 radical (unpaired) electrons. The van der Waals surface area contributed by atoms with Crippen LogP contribution in [-0.2, 0) is 0 Å². The summed E-state index contributed by atoms with van der Waals surface area (Å²) in [5.74, 6) is 2.14. The summed E-state index contributed by atoms with van der Waals surface area (Å²) < 4.78 is 6.75. The number of methoxy groups -OCH3 is 1. The Balaban J connectivity index is 2.12. The topological polar surface area (TPSA) is 12.5 Å². The molecule has 1 aliphatic rings. The van der Waals surface area contributed by atoms with Gasteiger partial charge in [-0.3, -0.25) is 0 Å². The number of thioether (sulfide) groups is 1. The van der Waals surface area contributed by atoms with E-state index in [0.717, 1.165) is 18.0 Å². The molecule has 0 fully saturated rings. The molecule has 1 heterocycles. The van der Waals surface area contributed by atoms with E-state index in [9.17, 15) is 0 Å². The fraction of sp³-hybridized carbons (Fsp3) is 0.429. The van der Waals surface area contributed by atoms with Crippen molar-refractivity contribution in [1.29, 1.82) is 0 Å². The molecular formula is C21H26INOS. The summed E-state index contributed by atoms with van der Waals surface area (Å²) in [4.78, 5) is 3.85. The molecule has 4 heteroatoms. The molecule has 1 atom stereocenters. The molecule has 25 heavy (non-hydrogen) atoms. The van der Waals surface area contributed by atoms with Gasteiger partial charge in [-0.05, 0) is 65.1 Å². The van der Waals surface area contributed by atoms with Crippen molar-refractivity contribution in [1.82, 2.24) is 0 Å². The van der Waals surface area contributed by atoms with Gasteiger partial charge in [0.05, 0.1) is 16.4 Å². The Morgan fingerprint density at radius 3 is 2.60 bits per heavy atom. The summed E-state index contributed by atoms with van der Waals surface area (Å²) >= 11 is 4.38. The smallest absolute Gasteiger partial charge is 0.133 e. The minimum atomic E-state index is 0.340. The minimum Gasteiger partial charge on any atom is -0.496 e. The molecule has 0 aliphatic carbocycles. The first-order chi connectivity index (χ1) is 12.1. The number of benzene rings is 2. The number of ether oxygens (including phenoxy) is 1. The second kappa shape index (κ2) is 8.21. The van der Waals surface area contributed by atoms with Crippen LogP contribution >= 0.6 is 34.4 Å². The van der Waals surface area contributed by atoms with Crippen molar-refractivity contribution in [3.63, 3.8) is 0 Å². The van der Waals surface area contributed by atoms with Crippen LogP contribution in [0.1, 0.15) is 33.1 Å². The summed E-state index contributed by atoms with van der Waals surface area (Å²) in [7, 11) is 1.76. The van der Waals surface area contributed by atoms with Crippen LogP contribution in [0.4, 0.5) is 11.4 Å². The average molecular weight is 467 g/mol. The summed E-state index contributed by atoms with van der Waals surface area (Å²) in [5, 5.41) is 0. The predicted octanol–water partition coefficient (Wildman–Crippen LogP) is 6.74. The van der Waals surface area contributed by atoms with Crippen molar-refractivity contribution in [2.75, 3.05) is 24.3 Å². The molecule has 3 rings (SSSR count). The Labute approximate surface area is 169 Å². The Morgan fingerprint density at radius 1 is 1.20 bits per heavy atom. The number of hydrogen-bond donors (Lipinski definition) is 0. The van der Waals surface area contributed by atoms with Crippen LogP contribution in [0, 0.1) is 8.99 Å². The van der Waals surface area contributed by atoms with Gasteiger partial charge in [-0.15, -0.1) is 11.8 Å². The monoisotopic (exact) mass is 467 g/mol. The van der Waals surface area contributed by atoms with Gasteiger partial charge >= 0.3 is 0 Å². The van der Waals surface area contributed by atoms with Crippen LogP contribution in [0.5, 0.6) is 5.75 Å². The molecule has 2 nitrogen and oxygen atoms in total. The maximum Gasteiger partial charge on any atom is 0.133 e. The van der Waals surface area contributed by atoms with Crippen molar-refractivity contribution < 1.29 is 4.74 Å². The highest BCUT2D eigenvalue weighted by atomic mass is 127. The van der Waals surface area contributed by atoms with Crippen LogP contribution in [0.25, 0.3) is 0 Å². The summed E-state index contributed by atoms with van der Waals surface area (Å²) in [6.07, 6.45) is 3.70. The van der Waals surface area contributed by atoms with Crippen molar-refractivity contribution in [2.24, 2.45) is 5.41 Å². The lowest BCUT2D eigenvalue weighted by Crippen LogP contribution is -2.35. The van der Waals surface area contributed by atoms with Crippen molar-refractivity contribution in [2.45, 2.75) is 38.0 Å². The number of rotatable bonds is 5. The van der Waals surface area contributed by atoms with Gasteiger partial charge in [-0.1, -0.05) is 38.5 Å². The van der Waals surface area contributed by atoms with Crippen LogP contribution in [-0.4, -0.2) is 19.4 Å². The van der Waals surface area contributed by atoms with Gasteiger partial charge < -0.3 is 9.64 Å². The van der Waals surface area contributed by atoms with E-state index in [-0.39, 0.29) is 0 Å². The summed E-state index contributed by atoms with van der Waals surface area (Å²) in [6, 6.07) is 15.3. The SMILES string of the molecule is CCCC1(CC)CSc2cc(OC)c(I)cc2N(c2ccccc2)C1.